The quantitative estimate of drug-likeness (QED) is 0.646. The molecule has 0 atom stereocenters. The van der Waals surface area contributed by atoms with Crippen molar-refractivity contribution in [3.05, 3.63) is 0 Å². The first-order chi connectivity index (χ1) is 7.55. The predicted molar refractivity (Wildman–Crippen MR) is 56.9 cm³/mol. The molecule has 16 heavy (non-hydrogen) atoms. The lowest BCUT2D eigenvalue weighted by Crippen LogP contribution is -2.66. The third kappa shape index (κ3) is 1.84. The Kier molecular flexibility index (Phi) is 2.75. The van der Waals surface area contributed by atoms with Gasteiger partial charge in [0.1, 0.15) is 0 Å². The van der Waals surface area contributed by atoms with E-state index in [1.54, 1.807) is 11.9 Å². The van der Waals surface area contributed by atoms with Gasteiger partial charge >= 0.3 is 6.03 Å². The number of nitrogens with one attached hydrogen (secondary N) is 2. The Morgan fingerprint density at radius 2 is 2.00 bits per heavy atom. The van der Waals surface area contributed by atoms with Crippen molar-refractivity contribution in [3.63, 3.8) is 0 Å². The molecule has 3 amide bonds. The Labute approximate surface area is 94.3 Å². The molecule has 0 radical (unpaired) electrons. The van der Waals surface area contributed by atoms with Crippen LogP contribution in [0.5, 0.6) is 0 Å². The topological polar surface area (TPSA) is 70.7 Å². The number of carbonyl (C=O) groups is 2. The minimum atomic E-state index is -0.335. The first-order valence-corrected chi connectivity index (χ1v) is 5.40. The smallest absolute Gasteiger partial charge is 0.314 e. The number of likely N-dealkylation sites (tertiary alicyclic amines) is 1. The average molecular weight is 227 g/mol. The predicted octanol–water partition coefficient (Wildman–Crippen LogP) is -0.837. The molecule has 0 unspecified atom stereocenters. The highest BCUT2D eigenvalue weighted by molar-refractivity contribution is 5.84. The van der Waals surface area contributed by atoms with Crippen LogP contribution in [0.15, 0.2) is 0 Å². The summed E-state index contributed by atoms with van der Waals surface area (Å²) in [6, 6.07) is -0.121. The van der Waals surface area contributed by atoms with E-state index < -0.39 is 0 Å². The van der Waals surface area contributed by atoms with Crippen LogP contribution in [0.3, 0.4) is 0 Å². The summed E-state index contributed by atoms with van der Waals surface area (Å²) in [7, 11) is 1.57. The number of carbonyl (C=O) groups excluding carboxylic acids is 2. The van der Waals surface area contributed by atoms with Gasteiger partial charge in [0.2, 0.25) is 5.91 Å². The molecule has 0 aromatic heterocycles. The zero-order valence-electron chi connectivity index (χ0n) is 9.58. The summed E-state index contributed by atoms with van der Waals surface area (Å²) in [5.74, 6) is 0.133. The summed E-state index contributed by atoms with van der Waals surface area (Å²) < 4.78 is 5.06. The maximum absolute atomic E-state index is 11.9. The lowest BCUT2D eigenvalue weighted by molar-refractivity contribution is -0.173. The Morgan fingerprint density at radius 1 is 1.38 bits per heavy atom. The Balaban J connectivity index is 1.76. The zero-order chi connectivity index (χ0) is 11.8. The van der Waals surface area contributed by atoms with Gasteiger partial charge in [0.25, 0.3) is 0 Å². The fourth-order valence-corrected chi connectivity index (χ4v) is 1.91. The van der Waals surface area contributed by atoms with Gasteiger partial charge < -0.3 is 20.3 Å². The molecule has 90 valence electrons. The average Bonchev–Trinajstić information content (AvgIpc) is 2.17. The highest BCUT2D eigenvalue weighted by Crippen LogP contribution is 2.30. The van der Waals surface area contributed by atoms with Crippen molar-refractivity contribution in [3.8, 4) is 0 Å². The number of hydrogen-bond acceptors (Lipinski definition) is 3. The van der Waals surface area contributed by atoms with Gasteiger partial charge in [-0.25, -0.2) is 4.79 Å². The van der Waals surface area contributed by atoms with Crippen LogP contribution >= 0.6 is 0 Å². The third-order valence-electron chi connectivity index (χ3n) is 3.09. The van der Waals surface area contributed by atoms with E-state index >= 15 is 0 Å². The van der Waals surface area contributed by atoms with Crippen molar-refractivity contribution in [1.82, 2.24) is 15.5 Å². The van der Waals surface area contributed by atoms with E-state index in [4.69, 9.17) is 4.74 Å². The molecule has 0 saturated carbocycles. The fraction of sp³-hybridized carbons (Fsp3) is 0.800. The monoisotopic (exact) mass is 227 g/mol. The summed E-state index contributed by atoms with van der Waals surface area (Å²) >= 11 is 0. The fourth-order valence-electron chi connectivity index (χ4n) is 1.91. The second kappa shape index (κ2) is 3.93. The van der Waals surface area contributed by atoms with Crippen LogP contribution in [0.1, 0.15) is 6.92 Å². The summed E-state index contributed by atoms with van der Waals surface area (Å²) in [6.07, 6.45) is 0. The highest BCUT2D eigenvalue weighted by atomic mass is 16.5. The van der Waals surface area contributed by atoms with Crippen LogP contribution in [-0.2, 0) is 9.53 Å². The first kappa shape index (κ1) is 11.2. The molecule has 2 heterocycles. The molecule has 0 aliphatic carbocycles. The minimum Gasteiger partial charge on any atom is -0.379 e. The van der Waals surface area contributed by atoms with Crippen molar-refractivity contribution < 1.29 is 14.3 Å². The summed E-state index contributed by atoms with van der Waals surface area (Å²) in [5, 5.41) is 5.25. The van der Waals surface area contributed by atoms with Gasteiger partial charge in [-0.1, -0.05) is 0 Å². The van der Waals surface area contributed by atoms with Gasteiger partial charge in [0.15, 0.2) is 0 Å². The Hall–Kier alpha value is -1.30. The third-order valence-corrected chi connectivity index (χ3v) is 3.09. The number of amides is 3. The molecule has 0 aromatic carbocycles. The molecule has 0 spiro atoms. The molecular formula is C10H17N3O3. The molecule has 0 bridgehead atoms. The van der Waals surface area contributed by atoms with Gasteiger partial charge in [-0.2, -0.15) is 0 Å². The second-order valence-electron chi connectivity index (χ2n) is 4.68. The molecule has 2 N–H and O–H groups in total. The zero-order valence-corrected chi connectivity index (χ0v) is 9.58. The van der Waals surface area contributed by atoms with Gasteiger partial charge in [0.05, 0.1) is 24.7 Å². The van der Waals surface area contributed by atoms with Crippen molar-refractivity contribution in [2.75, 3.05) is 33.4 Å². The van der Waals surface area contributed by atoms with Crippen LogP contribution in [0.2, 0.25) is 0 Å². The highest BCUT2D eigenvalue weighted by Gasteiger charge is 2.46. The SMILES string of the molecule is CNC(=O)NC1CN(C(=O)C2(C)COC2)C1. The number of hydrogen-bond donors (Lipinski definition) is 2. The Morgan fingerprint density at radius 3 is 2.44 bits per heavy atom. The largest absolute Gasteiger partial charge is 0.379 e. The van der Waals surface area contributed by atoms with E-state index in [2.05, 4.69) is 10.6 Å². The molecule has 2 fully saturated rings. The molecular weight excluding hydrogens is 210 g/mol. The molecule has 6 heteroatoms. The van der Waals surface area contributed by atoms with Crippen molar-refractivity contribution in [2.24, 2.45) is 5.41 Å². The number of rotatable bonds is 2. The first-order valence-electron chi connectivity index (χ1n) is 5.40. The summed E-state index contributed by atoms with van der Waals surface area (Å²) in [4.78, 5) is 24.7. The van der Waals surface area contributed by atoms with Crippen molar-refractivity contribution in [2.45, 2.75) is 13.0 Å². The summed E-state index contributed by atoms with van der Waals surface area (Å²) in [6.45, 7) is 4.13. The standard InChI is InChI=1S/C10H17N3O3/c1-10(5-16-6-10)8(14)13-3-7(4-13)12-9(15)11-2/h7H,3-6H2,1-2H3,(H2,11,12,15). The minimum absolute atomic E-state index is 0.0773. The van der Waals surface area contributed by atoms with Gasteiger partial charge in [-0.3, -0.25) is 4.79 Å². The summed E-state index contributed by atoms with van der Waals surface area (Å²) in [5.41, 5.74) is -0.335. The van der Waals surface area contributed by atoms with Gasteiger partial charge in [-0.15, -0.1) is 0 Å². The van der Waals surface area contributed by atoms with E-state index in [0.29, 0.717) is 26.3 Å². The maximum atomic E-state index is 11.9. The second-order valence-corrected chi connectivity index (χ2v) is 4.68. The molecule has 0 aromatic rings. The van der Waals surface area contributed by atoms with E-state index in [0.717, 1.165) is 0 Å². The number of nitrogens with zero attached hydrogens (tertiary/aromatic N) is 1. The molecule has 6 nitrogen and oxygen atoms in total. The van der Waals surface area contributed by atoms with Gasteiger partial charge in [0, 0.05) is 20.1 Å². The van der Waals surface area contributed by atoms with E-state index in [1.165, 1.54) is 0 Å². The normalized spacial score (nSPS) is 23.0. The lowest BCUT2D eigenvalue weighted by atomic mass is 9.85. The van der Waals surface area contributed by atoms with Crippen molar-refractivity contribution in [1.29, 1.82) is 0 Å². The molecule has 2 saturated heterocycles. The molecule has 2 rings (SSSR count). The van der Waals surface area contributed by atoms with Crippen LogP contribution < -0.4 is 10.6 Å². The Bertz CT molecular complexity index is 308. The number of urea groups is 1. The maximum Gasteiger partial charge on any atom is 0.314 e. The number of ether oxygens (including phenoxy) is 1. The van der Waals surface area contributed by atoms with E-state index in [9.17, 15) is 9.59 Å². The lowest BCUT2D eigenvalue weighted by Gasteiger charge is -2.46. The van der Waals surface area contributed by atoms with Crippen molar-refractivity contribution >= 4 is 11.9 Å². The molecule has 2 aliphatic rings. The van der Waals surface area contributed by atoms with Crippen LogP contribution in [0.25, 0.3) is 0 Å². The van der Waals surface area contributed by atoms with Crippen LogP contribution in [-0.4, -0.2) is 56.2 Å². The van der Waals surface area contributed by atoms with Gasteiger partial charge in [-0.05, 0) is 6.92 Å². The molecule has 2 aliphatic heterocycles. The van der Waals surface area contributed by atoms with E-state index in [-0.39, 0.29) is 23.4 Å². The van der Waals surface area contributed by atoms with Crippen LogP contribution in [0, 0.1) is 5.41 Å². The van der Waals surface area contributed by atoms with Crippen LogP contribution in [0.4, 0.5) is 4.79 Å². The van der Waals surface area contributed by atoms with E-state index in [1.807, 2.05) is 6.92 Å².